The lowest BCUT2D eigenvalue weighted by atomic mass is 10.1. The zero-order valence-corrected chi connectivity index (χ0v) is 19.7. The largest absolute Gasteiger partial charge is 0.359 e. The van der Waals surface area contributed by atoms with Crippen LogP contribution in [0.4, 0.5) is 0 Å². The Morgan fingerprint density at radius 3 is 2.79 bits per heavy atom. The van der Waals surface area contributed by atoms with Gasteiger partial charge in [-0.25, -0.2) is 9.98 Å². The molecule has 2 N–H and O–H groups in total. The minimum absolute atomic E-state index is 0. The summed E-state index contributed by atoms with van der Waals surface area (Å²) in [6, 6.07) is 10.3. The first kappa shape index (κ1) is 22.6. The fraction of sp³-hybridized carbons (Fsp3) is 0.450. The van der Waals surface area contributed by atoms with Crippen molar-refractivity contribution in [3.05, 3.63) is 46.8 Å². The lowest BCUT2D eigenvalue weighted by molar-refractivity contribution is 0.376. The predicted molar refractivity (Wildman–Crippen MR) is 127 cm³/mol. The fourth-order valence-corrected chi connectivity index (χ4v) is 3.66. The van der Waals surface area contributed by atoms with E-state index in [-0.39, 0.29) is 24.0 Å². The van der Waals surface area contributed by atoms with Gasteiger partial charge in [0.15, 0.2) is 11.7 Å². The molecule has 2 aromatic heterocycles. The summed E-state index contributed by atoms with van der Waals surface area (Å²) in [5.41, 5.74) is 2.06. The number of rotatable bonds is 8. The minimum Gasteiger partial charge on any atom is -0.359 e. The Bertz CT molecular complexity index is 856. The number of thiazole rings is 1. The molecule has 6 nitrogen and oxygen atoms in total. The third-order valence-corrected chi connectivity index (χ3v) is 5.20. The summed E-state index contributed by atoms with van der Waals surface area (Å²) in [6.45, 7) is 8.40. The van der Waals surface area contributed by atoms with E-state index >= 15 is 0 Å². The molecule has 0 saturated heterocycles. The van der Waals surface area contributed by atoms with E-state index in [9.17, 15) is 0 Å². The molecule has 3 aromatic rings. The van der Waals surface area contributed by atoms with Gasteiger partial charge in [-0.05, 0) is 31.4 Å². The molecule has 2 heterocycles. The number of aromatic nitrogens is 2. The van der Waals surface area contributed by atoms with Crippen molar-refractivity contribution in [1.29, 1.82) is 0 Å². The molecule has 0 saturated carbocycles. The molecule has 152 valence electrons. The second-order valence-corrected chi connectivity index (χ2v) is 7.79. The highest BCUT2D eigenvalue weighted by atomic mass is 127. The highest BCUT2D eigenvalue weighted by Crippen LogP contribution is 2.22. The number of nitrogens with zero attached hydrogens (tertiary/aromatic N) is 3. The lowest BCUT2D eigenvalue weighted by Gasteiger charge is -2.10. The summed E-state index contributed by atoms with van der Waals surface area (Å²) in [7, 11) is 0. The molecule has 0 aliphatic heterocycles. The number of fused-ring (bicyclic) bond motifs is 1. The summed E-state index contributed by atoms with van der Waals surface area (Å²) in [5.74, 6) is 1.94. The number of guanidine groups is 1. The topological polar surface area (TPSA) is 75.3 Å². The molecule has 0 aliphatic rings. The minimum atomic E-state index is 0. The van der Waals surface area contributed by atoms with E-state index in [0.29, 0.717) is 12.5 Å². The van der Waals surface area contributed by atoms with Gasteiger partial charge in [0.1, 0.15) is 6.54 Å². The maximum Gasteiger partial charge on any atom is 0.191 e. The van der Waals surface area contributed by atoms with Gasteiger partial charge in [0.05, 0.1) is 20.9 Å². The van der Waals surface area contributed by atoms with Crippen LogP contribution in [-0.4, -0.2) is 29.2 Å². The van der Waals surface area contributed by atoms with Crippen molar-refractivity contribution in [2.75, 3.05) is 13.1 Å². The monoisotopic (exact) mass is 513 g/mol. The Labute approximate surface area is 187 Å². The Hall–Kier alpha value is -1.68. The summed E-state index contributed by atoms with van der Waals surface area (Å²) in [4.78, 5) is 9.27. The van der Waals surface area contributed by atoms with E-state index in [1.54, 1.807) is 11.3 Å². The lowest BCUT2D eigenvalue weighted by Crippen LogP contribution is -2.37. The molecule has 0 aliphatic carbocycles. The third-order valence-electron chi connectivity index (χ3n) is 4.10. The van der Waals surface area contributed by atoms with Crippen molar-refractivity contribution in [3.63, 3.8) is 0 Å². The van der Waals surface area contributed by atoms with Crippen molar-refractivity contribution in [1.82, 2.24) is 20.8 Å². The highest BCUT2D eigenvalue weighted by Gasteiger charge is 2.08. The number of hydrogen-bond donors (Lipinski definition) is 2. The second-order valence-electron chi connectivity index (χ2n) is 6.67. The first-order chi connectivity index (χ1) is 13.2. The van der Waals surface area contributed by atoms with E-state index < -0.39 is 0 Å². The number of nitrogens with one attached hydrogen (secondary N) is 2. The first-order valence-electron chi connectivity index (χ1n) is 9.47. The second kappa shape index (κ2) is 11.4. The molecule has 0 spiro atoms. The quantitative estimate of drug-likeness (QED) is 0.198. The third kappa shape index (κ3) is 6.44. The van der Waals surface area contributed by atoms with Crippen molar-refractivity contribution in [2.24, 2.45) is 4.99 Å². The van der Waals surface area contributed by atoms with Gasteiger partial charge in [0, 0.05) is 25.6 Å². The van der Waals surface area contributed by atoms with Gasteiger partial charge in [-0.3, -0.25) is 0 Å². The van der Waals surface area contributed by atoms with Crippen LogP contribution in [0.25, 0.3) is 10.2 Å². The summed E-state index contributed by atoms with van der Waals surface area (Å²) >= 11 is 1.77. The van der Waals surface area contributed by atoms with Crippen molar-refractivity contribution >= 4 is 51.5 Å². The molecule has 28 heavy (non-hydrogen) atoms. The molecule has 3 rings (SSSR count). The smallest absolute Gasteiger partial charge is 0.191 e. The number of para-hydroxylation sites is 1. The number of halogens is 1. The molecule has 0 radical (unpaired) electrons. The zero-order chi connectivity index (χ0) is 19.1. The van der Waals surface area contributed by atoms with Crippen LogP contribution in [0.5, 0.6) is 0 Å². The van der Waals surface area contributed by atoms with Gasteiger partial charge in [-0.15, -0.1) is 35.3 Å². The summed E-state index contributed by atoms with van der Waals surface area (Å²) < 4.78 is 6.60. The summed E-state index contributed by atoms with van der Waals surface area (Å²) in [6.07, 6.45) is 1.97. The first-order valence-corrected chi connectivity index (χ1v) is 10.3. The molecule has 0 fully saturated rings. The van der Waals surface area contributed by atoms with Crippen LogP contribution in [0.1, 0.15) is 49.6 Å². The average molecular weight is 513 g/mol. The van der Waals surface area contributed by atoms with Gasteiger partial charge in [-0.1, -0.05) is 31.1 Å². The Morgan fingerprint density at radius 2 is 2.07 bits per heavy atom. The molecule has 0 amide bonds. The molecule has 0 unspecified atom stereocenters. The van der Waals surface area contributed by atoms with Gasteiger partial charge in [0.2, 0.25) is 0 Å². The van der Waals surface area contributed by atoms with Crippen molar-refractivity contribution in [3.8, 4) is 0 Å². The van der Waals surface area contributed by atoms with Gasteiger partial charge >= 0.3 is 0 Å². The summed E-state index contributed by atoms with van der Waals surface area (Å²) in [5, 5.41) is 11.9. The Morgan fingerprint density at radius 1 is 1.25 bits per heavy atom. The highest BCUT2D eigenvalue weighted by molar-refractivity contribution is 14.0. The molecular formula is C20H28IN5OS. The van der Waals surface area contributed by atoms with E-state index in [4.69, 9.17) is 4.52 Å². The van der Waals surface area contributed by atoms with Crippen LogP contribution in [0.2, 0.25) is 0 Å². The van der Waals surface area contributed by atoms with E-state index in [0.717, 1.165) is 48.9 Å². The van der Waals surface area contributed by atoms with Crippen LogP contribution in [0.15, 0.2) is 39.8 Å². The zero-order valence-electron chi connectivity index (χ0n) is 16.6. The molecule has 8 heteroatoms. The van der Waals surface area contributed by atoms with Gasteiger partial charge < -0.3 is 15.2 Å². The van der Waals surface area contributed by atoms with Crippen LogP contribution in [-0.2, 0) is 13.0 Å². The van der Waals surface area contributed by atoms with Crippen LogP contribution in [0.3, 0.4) is 0 Å². The number of aryl methyl sites for hydroxylation is 1. The van der Waals surface area contributed by atoms with Crippen molar-refractivity contribution < 1.29 is 4.52 Å². The van der Waals surface area contributed by atoms with Gasteiger partial charge in [-0.2, -0.15) is 0 Å². The van der Waals surface area contributed by atoms with Gasteiger partial charge in [0.25, 0.3) is 0 Å². The molecular weight excluding hydrogens is 485 g/mol. The molecule has 1 aromatic carbocycles. The normalized spacial score (nSPS) is 11.6. The van der Waals surface area contributed by atoms with Crippen LogP contribution >= 0.6 is 35.3 Å². The SMILES string of the molecule is CCNC(=NCc1cc(C(C)C)no1)NCCCc1nc2ccccc2s1.I. The molecule has 0 atom stereocenters. The van der Waals surface area contributed by atoms with Crippen molar-refractivity contribution in [2.45, 2.75) is 46.1 Å². The van der Waals surface area contributed by atoms with Crippen LogP contribution < -0.4 is 10.6 Å². The number of hydrogen-bond acceptors (Lipinski definition) is 5. The molecule has 0 bridgehead atoms. The standard InChI is InChI=1S/C20H27N5OS.HI/c1-4-21-20(23-13-15-12-17(14(2)3)25-26-15)22-11-7-10-19-24-16-8-5-6-9-18(16)27-19;/h5-6,8-9,12,14H,4,7,10-11,13H2,1-3H3,(H2,21,22,23);1H. The van der Waals surface area contributed by atoms with Crippen LogP contribution in [0, 0.1) is 0 Å². The van der Waals surface area contributed by atoms with E-state index in [1.165, 1.54) is 9.71 Å². The fourth-order valence-electron chi connectivity index (χ4n) is 2.65. The Kier molecular flexibility index (Phi) is 9.17. The maximum atomic E-state index is 5.35. The van der Waals surface area contributed by atoms with E-state index in [1.807, 2.05) is 12.1 Å². The number of benzene rings is 1. The maximum absolute atomic E-state index is 5.35. The Balaban J connectivity index is 0.00000280. The number of aliphatic imine (C=N–C) groups is 1. The van der Waals surface area contributed by atoms with E-state index in [2.05, 4.69) is 64.7 Å². The predicted octanol–water partition coefficient (Wildman–Crippen LogP) is 4.71. The average Bonchev–Trinajstić information content (AvgIpc) is 3.29.